The fourth-order valence-electron chi connectivity index (χ4n) is 0.746. The van der Waals surface area contributed by atoms with Crippen LogP contribution in [0.2, 0.25) is 0 Å². The van der Waals surface area contributed by atoms with Crippen molar-refractivity contribution in [2.45, 2.75) is 20.3 Å². The number of Topliss-reactive ketones (excluding diaryl/α,β-unsaturated/α-hetero) is 1. The van der Waals surface area contributed by atoms with Gasteiger partial charge in [-0.15, -0.1) is 0 Å². The number of carbonyl (C=O) groups is 3. The van der Waals surface area contributed by atoms with Gasteiger partial charge in [0.05, 0.1) is 13.0 Å². The van der Waals surface area contributed by atoms with E-state index in [1.807, 2.05) is 0 Å². The molecule has 0 spiro atoms. The van der Waals surface area contributed by atoms with Gasteiger partial charge >= 0.3 is 5.97 Å². The van der Waals surface area contributed by atoms with E-state index >= 15 is 0 Å². The number of hydrogen-bond acceptors (Lipinski definition) is 4. The zero-order chi connectivity index (χ0) is 11.8. The van der Waals surface area contributed by atoms with Gasteiger partial charge in [0.2, 0.25) is 5.91 Å². The van der Waals surface area contributed by atoms with Gasteiger partial charge in [0.15, 0.2) is 0 Å². The molecule has 0 atom stereocenters. The summed E-state index contributed by atoms with van der Waals surface area (Å²) in [6, 6.07) is 0. The molecular weight excluding hydrogens is 198 g/mol. The van der Waals surface area contributed by atoms with Crippen molar-refractivity contribution in [2.24, 2.45) is 0 Å². The SMILES string of the molecule is C=C(C)C(=O)OCCNC(=O)CC(C)=O. The lowest BCUT2D eigenvalue weighted by Crippen LogP contribution is -2.29. The largest absolute Gasteiger partial charge is 0.460 e. The number of rotatable bonds is 6. The lowest BCUT2D eigenvalue weighted by atomic mass is 10.3. The second-order valence-electron chi connectivity index (χ2n) is 3.14. The molecule has 0 saturated carbocycles. The van der Waals surface area contributed by atoms with E-state index in [2.05, 4.69) is 11.9 Å². The molecular formula is C10H15NO4. The normalized spacial score (nSPS) is 9.20. The van der Waals surface area contributed by atoms with Gasteiger partial charge in [0, 0.05) is 5.57 Å². The van der Waals surface area contributed by atoms with Crippen LogP contribution in [0, 0.1) is 0 Å². The lowest BCUT2D eigenvalue weighted by molar-refractivity contribution is -0.139. The second kappa shape index (κ2) is 6.75. The van der Waals surface area contributed by atoms with E-state index in [9.17, 15) is 14.4 Å². The third-order valence-electron chi connectivity index (χ3n) is 1.42. The third kappa shape index (κ3) is 7.42. The Labute approximate surface area is 88.5 Å². The van der Waals surface area contributed by atoms with Crippen molar-refractivity contribution in [1.29, 1.82) is 0 Å². The van der Waals surface area contributed by atoms with Gasteiger partial charge in [-0.1, -0.05) is 6.58 Å². The second-order valence-corrected chi connectivity index (χ2v) is 3.14. The number of carbonyl (C=O) groups excluding carboxylic acids is 3. The number of esters is 1. The minimum absolute atomic E-state index is 0.0787. The molecule has 5 heteroatoms. The molecule has 0 saturated heterocycles. The van der Waals surface area contributed by atoms with Crippen molar-refractivity contribution in [3.63, 3.8) is 0 Å². The fourth-order valence-corrected chi connectivity index (χ4v) is 0.746. The molecule has 84 valence electrons. The molecule has 0 aromatic heterocycles. The van der Waals surface area contributed by atoms with Crippen molar-refractivity contribution in [3.8, 4) is 0 Å². The minimum Gasteiger partial charge on any atom is -0.460 e. The van der Waals surface area contributed by atoms with Crippen molar-refractivity contribution in [1.82, 2.24) is 5.32 Å². The summed E-state index contributed by atoms with van der Waals surface area (Å²) in [6.45, 7) is 6.55. The highest BCUT2D eigenvalue weighted by atomic mass is 16.5. The highest BCUT2D eigenvalue weighted by molar-refractivity contribution is 5.96. The summed E-state index contributed by atoms with van der Waals surface area (Å²) in [4.78, 5) is 32.3. The van der Waals surface area contributed by atoms with Crippen LogP contribution in [-0.2, 0) is 19.1 Å². The van der Waals surface area contributed by atoms with E-state index in [0.29, 0.717) is 5.57 Å². The molecule has 0 unspecified atom stereocenters. The van der Waals surface area contributed by atoms with Crippen LogP contribution in [-0.4, -0.2) is 30.8 Å². The molecule has 5 nitrogen and oxygen atoms in total. The number of amides is 1. The van der Waals surface area contributed by atoms with E-state index in [1.54, 1.807) is 0 Å². The topological polar surface area (TPSA) is 72.5 Å². The molecule has 0 aliphatic carbocycles. The Morgan fingerprint density at radius 3 is 2.33 bits per heavy atom. The Kier molecular flexibility index (Phi) is 6.01. The monoisotopic (exact) mass is 213 g/mol. The summed E-state index contributed by atoms with van der Waals surface area (Å²) >= 11 is 0. The van der Waals surface area contributed by atoms with Crippen LogP contribution in [0.1, 0.15) is 20.3 Å². The number of nitrogens with one attached hydrogen (secondary N) is 1. The maximum atomic E-state index is 10.9. The van der Waals surface area contributed by atoms with Gasteiger partial charge in [-0.3, -0.25) is 9.59 Å². The first-order valence-electron chi connectivity index (χ1n) is 4.52. The standard InChI is InChI=1S/C10H15NO4/c1-7(2)10(14)15-5-4-11-9(13)6-8(3)12/h1,4-6H2,2-3H3,(H,11,13). The molecule has 15 heavy (non-hydrogen) atoms. The molecule has 0 aromatic rings. The van der Waals surface area contributed by atoms with Crippen LogP contribution in [0.4, 0.5) is 0 Å². The van der Waals surface area contributed by atoms with Gasteiger partial charge in [-0.25, -0.2) is 4.79 Å². The summed E-state index contributed by atoms with van der Waals surface area (Å²) in [5.74, 6) is -1.06. The molecule has 0 aliphatic heterocycles. The summed E-state index contributed by atoms with van der Waals surface area (Å²) < 4.78 is 4.72. The van der Waals surface area contributed by atoms with E-state index in [-0.39, 0.29) is 31.3 Å². The molecule has 0 fully saturated rings. The predicted octanol–water partition coefficient (Wildman–Crippen LogP) is 0.201. The van der Waals surface area contributed by atoms with Gasteiger partial charge in [0.1, 0.15) is 12.4 Å². The minimum atomic E-state index is -0.490. The van der Waals surface area contributed by atoms with E-state index in [1.165, 1.54) is 13.8 Å². The maximum absolute atomic E-state index is 10.9. The predicted molar refractivity (Wildman–Crippen MR) is 54.1 cm³/mol. The molecule has 0 bridgehead atoms. The van der Waals surface area contributed by atoms with Crippen LogP contribution in [0.3, 0.4) is 0 Å². The van der Waals surface area contributed by atoms with Gasteiger partial charge < -0.3 is 10.1 Å². The van der Waals surface area contributed by atoms with Crippen LogP contribution in [0.25, 0.3) is 0 Å². The van der Waals surface area contributed by atoms with Gasteiger partial charge in [0.25, 0.3) is 0 Å². The van der Waals surface area contributed by atoms with Crippen molar-refractivity contribution >= 4 is 17.7 Å². The van der Waals surface area contributed by atoms with E-state index < -0.39 is 5.97 Å². The first-order valence-corrected chi connectivity index (χ1v) is 4.52. The molecule has 0 radical (unpaired) electrons. The quantitative estimate of drug-likeness (QED) is 0.296. The zero-order valence-electron chi connectivity index (χ0n) is 8.96. The van der Waals surface area contributed by atoms with E-state index in [4.69, 9.17) is 4.74 Å². The smallest absolute Gasteiger partial charge is 0.333 e. The first kappa shape index (κ1) is 13.4. The summed E-state index contributed by atoms with van der Waals surface area (Å²) in [7, 11) is 0. The summed E-state index contributed by atoms with van der Waals surface area (Å²) in [6.07, 6.45) is -0.144. The molecule has 1 amide bonds. The third-order valence-corrected chi connectivity index (χ3v) is 1.42. The van der Waals surface area contributed by atoms with E-state index in [0.717, 1.165) is 0 Å². The summed E-state index contributed by atoms with van der Waals surface area (Å²) in [5, 5.41) is 2.44. The van der Waals surface area contributed by atoms with Crippen LogP contribution in [0.5, 0.6) is 0 Å². The van der Waals surface area contributed by atoms with Crippen molar-refractivity contribution in [2.75, 3.05) is 13.2 Å². The zero-order valence-corrected chi connectivity index (χ0v) is 8.96. The van der Waals surface area contributed by atoms with Crippen molar-refractivity contribution < 1.29 is 19.1 Å². The number of ketones is 1. The van der Waals surface area contributed by atoms with Crippen LogP contribution in [0.15, 0.2) is 12.2 Å². The molecule has 0 heterocycles. The summed E-state index contributed by atoms with van der Waals surface area (Å²) in [5.41, 5.74) is 0.310. The van der Waals surface area contributed by atoms with Crippen LogP contribution >= 0.6 is 0 Å². The van der Waals surface area contributed by atoms with Gasteiger partial charge in [-0.2, -0.15) is 0 Å². The molecule has 0 rings (SSSR count). The maximum Gasteiger partial charge on any atom is 0.333 e. The first-order chi connectivity index (χ1) is 6.93. The Balaban J connectivity index is 3.55. The van der Waals surface area contributed by atoms with Gasteiger partial charge in [-0.05, 0) is 13.8 Å². The van der Waals surface area contributed by atoms with Crippen LogP contribution < -0.4 is 5.32 Å². The Morgan fingerprint density at radius 1 is 1.27 bits per heavy atom. The Morgan fingerprint density at radius 2 is 1.87 bits per heavy atom. The average molecular weight is 213 g/mol. The highest BCUT2D eigenvalue weighted by Gasteiger charge is 2.05. The Bertz CT molecular complexity index is 283. The molecule has 0 aromatic carbocycles. The molecule has 1 N–H and O–H groups in total. The molecule has 0 aliphatic rings. The fraction of sp³-hybridized carbons (Fsp3) is 0.500. The van der Waals surface area contributed by atoms with Crippen molar-refractivity contribution in [3.05, 3.63) is 12.2 Å². The number of hydrogen-bond donors (Lipinski definition) is 1. The lowest BCUT2D eigenvalue weighted by Gasteiger charge is -2.05. The number of ether oxygens (including phenoxy) is 1. The average Bonchev–Trinajstić information content (AvgIpc) is 2.10. The highest BCUT2D eigenvalue weighted by Crippen LogP contribution is 1.90. The Hall–Kier alpha value is -1.65.